The number of anilines is 2. The lowest BCUT2D eigenvalue weighted by molar-refractivity contribution is 0.390. The first-order valence-electron chi connectivity index (χ1n) is 5.17. The molecule has 0 atom stereocenters. The lowest BCUT2D eigenvalue weighted by Gasteiger charge is -2.19. The van der Waals surface area contributed by atoms with E-state index in [-0.39, 0.29) is 0 Å². The quantitative estimate of drug-likeness (QED) is 0.770. The minimum atomic E-state index is 0.341. The topological polar surface area (TPSA) is 38.0 Å². The van der Waals surface area contributed by atoms with Crippen LogP contribution in [0, 0.1) is 5.41 Å². The summed E-state index contributed by atoms with van der Waals surface area (Å²) in [5.41, 5.74) is 7.60. The smallest absolute Gasteiger partial charge is 0.0657 e. The summed E-state index contributed by atoms with van der Waals surface area (Å²) in [4.78, 5) is 0. The summed E-state index contributed by atoms with van der Waals surface area (Å²) < 4.78 is 0. The minimum absolute atomic E-state index is 0.341. The maximum atomic E-state index is 6.04. The summed E-state index contributed by atoms with van der Waals surface area (Å²) in [6.07, 6.45) is 1.10. The Morgan fingerprint density at radius 3 is 2.53 bits per heavy atom. The van der Waals surface area contributed by atoms with Gasteiger partial charge in [-0.3, -0.25) is 0 Å². The normalized spacial score (nSPS) is 11.5. The van der Waals surface area contributed by atoms with Crippen LogP contribution in [0.15, 0.2) is 18.2 Å². The van der Waals surface area contributed by atoms with Crippen molar-refractivity contribution in [2.75, 3.05) is 17.6 Å². The molecule has 0 fully saturated rings. The third-order valence-electron chi connectivity index (χ3n) is 2.18. The van der Waals surface area contributed by atoms with Crippen molar-refractivity contribution >= 4 is 23.0 Å². The fourth-order valence-corrected chi connectivity index (χ4v) is 1.50. The molecule has 0 unspecified atom stereocenters. The lowest BCUT2D eigenvalue weighted by Crippen LogP contribution is -2.13. The van der Waals surface area contributed by atoms with Gasteiger partial charge in [-0.2, -0.15) is 0 Å². The van der Waals surface area contributed by atoms with E-state index < -0.39 is 0 Å². The van der Waals surface area contributed by atoms with Crippen LogP contribution in [0.2, 0.25) is 5.02 Å². The van der Waals surface area contributed by atoms with E-state index in [1.165, 1.54) is 0 Å². The third kappa shape index (κ3) is 4.43. The molecule has 0 spiro atoms. The van der Waals surface area contributed by atoms with Crippen LogP contribution in [-0.2, 0) is 0 Å². The van der Waals surface area contributed by atoms with Gasteiger partial charge < -0.3 is 11.1 Å². The van der Waals surface area contributed by atoms with Crippen LogP contribution < -0.4 is 11.1 Å². The second kappa shape index (κ2) is 4.75. The minimum Gasteiger partial charge on any atom is -0.399 e. The highest BCUT2D eigenvalue weighted by atomic mass is 35.5. The number of rotatable bonds is 3. The molecule has 84 valence electrons. The van der Waals surface area contributed by atoms with Gasteiger partial charge in [-0.15, -0.1) is 0 Å². The van der Waals surface area contributed by atoms with Crippen molar-refractivity contribution in [3.8, 4) is 0 Å². The molecule has 0 radical (unpaired) electrons. The molecule has 0 aromatic heterocycles. The van der Waals surface area contributed by atoms with Gasteiger partial charge in [-0.25, -0.2) is 0 Å². The first-order valence-corrected chi connectivity index (χ1v) is 5.55. The zero-order valence-electron chi connectivity index (χ0n) is 9.60. The second-order valence-corrected chi connectivity index (χ2v) is 5.38. The number of hydrogen-bond acceptors (Lipinski definition) is 2. The number of nitrogens with two attached hydrogens (primary N) is 1. The summed E-state index contributed by atoms with van der Waals surface area (Å²) in [5.74, 6) is 0. The van der Waals surface area contributed by atoms with E-state index in [1.807, 2.05) is 12.1 Å². The highest BCUT2D eigenvalue weighted by Crippen LogP contribution is 2.25. The molecule has 0 aliphatic rings. The highest BCUT2D eigenvalue weighted by molar-refractivity contribution is 6.33. The maximum Gasteiger partial charge on any atom is 0.0657 e. The van der Waals surface area contributed by atoms with Crippen molar-refractivity contribution in [2.45, 2.75) is 27.2 Å². The van der Waals surface area contributed by atoms with Gasteiger partial charge in [-0.05, 0) is 30.0 Å². The molecule has 2 nitrogen and oxygen atoms in total. The number of nitrogen functional groups attached to an aromatic ring is 1. The maximum absolute atomic E-state index is 6.04. The predicted octanol–water partition coefficient (Wildman–Crippen LogP) is 3.77. The van der Waals surface area contributed by atoms with E-state index in [9.17, 15) is 0 Å². The van der Waals surface area contributed by atoms with Gasteiger partial charge in [0.25, 0.3) is 0 Å². The second-order valence-electron chi connectivity index (χ2n) is 4.98. The molecular formula is C12H19ClN2. The Balaban J connectivity index is 2.51. The van der Waals surface area contributed by atoms with Crippen molar-refractivity contribution in [2.24, 2.45) is 5.41 Å². The fourth-order valence-electron chi connectivity index (χ4n) is 1.25. The van der Waals surface area contributed by atoms with Crippen LogP contribution in [-0.4, -0.2) is 6.54 Å². The van der Waals surface area contributed by atoms with Crippen LogP contribution >= 0.6 is 11.6 Å². The third-order valence-corrected chi connectivity index (χ3v) is 2.50. The van der Waals surface area contributed by atoms with Gasteiger partial charge >= 0.3 is 0 Å². The van der Waals surface area contributed by atoms with E-state index >= 15 is 0 Å². The molecule has 1 aromatic carbocycles. The van der Waals surface area contributed by atoms with Crippen LogP contribution in [0.3, 0.4) is 0 Å². The molecular weight excluding hydrogens is 208 g/mol. The molecule has 1 aromatic rings. The lowest BCUT2D eigenvalue weighted by atomic mass is 9.92. The first-order chi connectivity index (χ1) is 6.88. The highest BCUT2D eigenvalue weighted by Gasteiger charge is 2.09. The van der Waals surface area contributed by atoms with Crippen molar-refractivity contribution in [1.82, 2.24) is 0 Å². The zero-order chi connectivity index (χ0) is 11.5. The molecule has 3 N–H and O–H groups in total. The number of nitrogens with one attached hydrogen (secondary N) is 1. The summed E-state index contributed by atoms with van der Waals surface area (Å²) in [6, 6.07) is 5.53. The fraction of sp³-hybridized carbons (Fsp3) is 0.500. The summed E-state index contributed by atoms with van der Waals surface area (Å²) in [5, 5.41) is 3.99. The van der Waals surface area contributed by atoms with Crippen LogP contribution in [0.25, 0.3) is 0 Å². The van der Waals surface area contributed by atoms with Crippen LogP contribution in [0.1, 0.15) is 27.2 Å². The van der Waals surface area contributed by atoms with Gasteiger partial charge in [0.2, 0.25) is 0 Å². The Labute approximate surface area is 96.8 Å². The average molecular weight is 227 g/mol. The molecule has 0 saturated heterocycles. The van der Waals surface area contributed by atoms with Gasteiger partial charge in [0.15, 0.2) is 0 Å². The van der Waals surface area contributed by atoms with Gasteiger partial charge in [0.05, 0.1) is 10.7 Å². The van der Waals surface area contributed by atoms with Gasteiger partial charge in [0.1, 0.15) is 0 Å². The molecule has 15 heavy (non-hydrogen) atoms. The van der Waals surface area contributed by atoms with E-state index in [1.54, 1.807) is 6.07 Å². The largest absolute Gasteiger partial charge is 0.399 e. The standard InChI is InChI=1S/C12H19ClN2/c1-12(2,3)6-7-15-11-5-4-9(14)8-10(11)13/h4-5,8,15H,6-7,14H2,1-3H3. The first kappa shape index (κ1) is 12.2. The van der Waals surface area contributed by atoms with Crippen molar-refractivity contribution < 1.29 is 0 Å². The van der Waals surface area contributed by atoms with Gasteiger partial charge in [-0.1, -0.05) is 32.4 Å². The summed E-state index contributed by atoms with van der Waals surface area (Å²) >= 11 is 6.04. The van der Waals surface area contributed by atoms with E-state index in [0.29, 0.717) is 16.1 Å². The predicted molar refractivity (Wildman–Crippen MR) is 68.4 cm³/mol. The van der Waals surface area contributed by atoms with E-state index in [0.717, 1.165) is 18.7 Å². The van der Waals surface area contributed by atoms with E-state index in [4.69, 9.17) is 17.3 Å². The number of benzene rings is 1. The average Bonchev–Trinajstić information content (AvgIpc) is 2.07. The number of halogens is 1. The molecule has 0 aliphatic carbocycles. The van der Waals surface area contributed by atoms with Crippen LogP contribution in [0.4, 0.5) is 11.4 Å². The van der Waals surface area contributed by atoms with Crippen molar-refractivity contribution in [3.05, 3.63) is 23.2 Å². The summed E-state index contributed by atoms with van der Waals surface area (Å²) in [6.45, 7) is 7.59. The Bertz CT molecular complexity index is 329. The summed E-state index contributed by atoms with van der Waals surface area (Å²) in [7, 11) is 0. The zero-order valence-corrected chi connectivity index (χ0v) is 10.4. The Hall–Kier alpha value is -0.890. The SMILES string of the molecule is CC(C)(C)CCNc1ccc(N)cc1Cl. The molecule has 3 heteroatoms. The number of hydrogen-bond donors (Lipinski definition) is 2. The van der Waals surface area contributed by atoms with E-state index in [2.05, 4.69) is 26.1 Å². The van der Waals surface area contributed by atoms with Crippen molar-refractivity contribution in [1.29, 1.82) is 0 Å². The molecule has 0 amide bonds. The molecule has 0 heterocycles. The Kier molecular flexibility index (Phi) is 3.86. The Morgan fingerprint density at radius 2 is 2.00 bits per heavy atom. The molecule has 0 aliphatic heterocycles. The molecule has 0 bridgehead atoms. The molecule has 1 rings (SSSR count). The monoisotopic (exact) mass is 226 g/mol. The Morgan fingerprint density at radius 1 is 1.33 bits per heavy atom. The molecule has 0 saturated carbocycles. The van der Waals surface area contributed by atoms with Crippen LogP contribution in [0.5, 0.6) is 0 Å². The van der Waals surface area contributed by atoms with Gasteiger partial charge in [0, 0.05) is 12.2 Å². The van der Waals surface area contributed by atoms with Crippen molar-refractivity contribution in [3.63, 3.8) is 0 Å².